The van der Waals surface area contributed by atoms with Crippen molar-refractivity contribution in [1.29, 1.82) is 0 Å². The van der Waals surface area contributed by atoms with Crippen molar-refractivity contribution in [2.75, 3.05) is 0 Å². The summed E-state index contributed by atoms with van der Waals surface area (Å²) in [6.45, 7) is 22.7. The van der Waals surface area contributed by atoms with E-state index < -0.39 is 0 Å². The number of fused-ring (bicyclic) bond motifs is 16. The predicted octanol–water partition coefficient (Wildman–Crippen LogP) is 16.2. The van der Waals surface area contributed by atoms with Gasteiger partial charge < -0.3 is 5.11 Å². The molecule has 1 N–H and O–H groups in total. The lowest BCUT2D eigenvalue weighted by Crippen LogP contribution is -2.45. The average molecular weight is 985 g/mol. The van der Waals surface area contributed by atoms with Gasteiger partial charge in [-0.25, -0.2) is 9.97 Å². The number of phenols is 1. The first-order valence-corrected chi connectivity index (χ1v) is 27.2. The number of pyridine rings is 1. The zero-order valence-corrected chi connectivity index (χ0v) is 45.1. The van der Waals surface area contributed by atoms with Crippen LogP contribution in [0, 0.1) is 0 Å². The SMILES string of the molecule is CC(C)c1cc(-c2ccccc2)cc(C(C)C)c1-n1c(-c2cc(C(C)(C)C)cc(C(C)(C)C)c2O)nc2c(-c3cccc4c3nc3c5ccc6c(c5c5ccccc5n43)-c3cccc4c3B6c3ccccc3-4)cccc21. The molecule has 5 heterocycles. The summed E-state index contributed by atoms with van der Waals surface area (Å²) < 4.78 is 4.78. The molecule has 12 aromatic rings. The minimum atomic E-state index is -0.340. The molecule has 2 aliphatic rings. The Morgan fingerprint density at radius 2 is 1.09 bits per heavy atom. The van der Waals surface area contributed by atoms with Crippen LogP contribution in [0.2, 0.25) is 0 Å². The van der Waals surface area contributed by atoms with Gasteiger partial charge in [0.25, 0.3) is 0 Å². The number of hydrogen-bond donors (Lipinski definition) is 1. The lowest BCUT2D eigenvalue weighted by atomic mass is 9.41. The second-order valence-corrected chi connectivity index (χ2v) is 24.2. The van der Waals surface area contributed by atoms with Crippen LogP contribution in [-0.4, -0.2) is 30.8 Å². The summed E-state index contributed by atoms with van der Waals surface area (Å²) in [5.74, 6) is 1.33. The van der Waals surface area contributed by atoms with E-state index in [2.05, 4.69) is 248 Å². The van der Waals surface area contributed by atoms with Crippen LogP contribution in [0.3, 0.4) is 0 Å². The van der Waals surface area contributed by atoms with Crippen LogP contribution in [0.1, 0.15) is 103 Å². The molecule has 0 amide bonds. The number of aromatic hydroxyl groups is 1. The Morgan fingerprint density at radius 3 is 1.80 bits per heavy atom. The van der Waals surface area contributed by atoms with Gasteiger partial charge in [0, 0.05) is 32.8 Å². The van der Waals surface area contributed by atoms with E-state index in [0.717, 1.165) is 77.9 Å². The number of hydrogen-bond acceptors (Lipinski definition) is 3. The number of aromatic nitrogens is 4. The Morgan fingerprint density at radius 1 is 0.487 bits per heavy atom. The van der Waals surface area contributed by atoms with Gasteiger partial charge in [0.1, 0.15) is 17.2 Å². The number of rotatable bonds is 6. The van der Waals surface area contributed by atoms with E-state index in [1.165, 1.54) is 71.7 Å². The molecule has 0 fully saturated rings. The first-order valence-electron chi connectivity index (χ1n) is 27.2. The Bertz CT molecular complexity index is 4420. The molecule has 0 spiro atoms. The van der Waals surface area contributed by atoms with Gasteiger partial charge in [0.05, 0.1) is 38.8 Å². The Balaban J connectivity index is 1.07. The van der Waals surface area contributed by atoms with Crippen molar-refractivity contribution in [3.63, 3.8) is 0 Å². The van der Waals surface area contributed by atoms with E-state index in [1.54, 1.807) is 0 Å². The minimum absolute atomic E-state index is 0.168. The van der Waals surface area contributed by atoms with Gasteiger partial charge in [0.2, 0.25) is 6.71 Å². The lowest BCUT2D eigenvalue weighted by molar-refractivity contribution is 0.446. The summed E-state index contributed by atoms with van der Waals surface area (Å²) in [6, 6.07) is 62.6. The molecule has 76 heavy (non-hydrogen) atoms. The van der Waals surface area contributed by atoms with Crippen LogP contribution < -0.4 is 16.4 Å². The molecule has 5 nitrogen and oxygen atoms in total. The van der Waals surface area contributed by atoms with Crippen molar-refractivity contribution < 1.29 is 5.11 Å². The smallest absolute Gasteiger partial charge is 0.244 e. The van der Waals surface area contributed by atoms with Crippen LogP contribution >= 0.6 is 0 Å². The molecular weight excluding hydrogens is 924 g/mol. The average Bonchev–Trinajstić information content (AvgIpc) is 4.38. The van der Waals surface area contributed by atoms with Crippen LogP contribution in [0.25, 0.3) is 111 Å². The Hall–Kier alpha value is -8.22. The van der Waals surface area contributed by atoms with E-state index >= 15 is 0 Å². The highest BCUT2D eigenvalue weighted by atomic mass is 16.3. The molecule has 0 atom stereocenters. The fourth-order valence-electron chi connectivity index (χ4n) is 13.2. The second kappa shape index (κ2) is 16.4. The van der Waals surface area contributed by atoms with Crippen LogP contribution in [0.4, 0.5) is 0 Å². The van der Waals surface area contributed by atoms with Crippen molar-refractivity contribution >= 4 is 72.5 Å². The van der Waals surface area contributed by atoms with Gasteiger partial charge in [-0.1, -0.05) is 219 Å². The van der Waals surface area contributed by atoms with E-state index in [0.29, 0.717) is 0 Å². The molecule has 370 valence electrons. The van der Waals surface area contributed by atoms with Crippen LogP contribution in [-0.2, 0) is 10.8 Å². The summed E-state index contributed by atoms with van der Waals surface area (Å²) in [5, 5.41) is 16.4. The third kappa shape index (κ3) is 6.58. The maximum Gasteiger partial charge on any atom is 0.244 e. The molecule has 3 aromatic heterocycles. The first-order chi connectivity index (χ1) is 36.6. The number of para-hydroxylation sites is 3. The molecule has 0 bridgehead atoms. The first kappa shape index (κ1) is 46.3. The van der Waals surface area contributed by atoms with Gasteiger partial charge in [-0.05, 0) is 109 Å². The van der Waals surface area contributed by atoms with Gasteiger partial charge in [-0.3, -0.25) is 8.97 Å². The zero-order valence-electron chi connectivity index (χ0n) is 45.1. The largest absolute Gasteiger partial charge is 0.507 e. The van der Waals surface area contributed by atoms with Crippen LogP contribution in [0.15, 0.2) is 170 Å². The summed E-state index contributed by atoms with van der Waals surface area (Å²) in [4.78, 5) is 11.6. The fourth-order valence-corrected chi connectivity index (χ4v) is 13.2. The van der Waals surface area contributed by atoms with Gasteiger partial charge in [-0.2, -0.15) is 0 Å². The fraction of sp³-hybridized carbons (Fsp3) is 0.200. The highest BCUT2D eigenvalue weighted by molar-refractivity contribution is 7.02. The molecule has 0 saturated heterocycles. The standard InChI is InChI=1S/C70H61BN4O/c1-39(2)51-35-42(41-21-12-11-13-22-41)36-52(40(3)4)65(51)75-59-32-20-27-47(64(59)73-68(75)53-37-43(69(5,6)7)38-54(66(53)76)70(8,9)10)46-26-19-31-58-63(46)72-67-50-33-34-56-61(60(50)48-24-15-17-30-57(48)74(58)67)49-28-18-25-45-44-23-14-16-29-55(44)71(56)62(45)49/h11-40,76H,1-10H3. The minimum Gasteiger partial charge on any atom is -0.507 e. The summed E-state index contributed by atoms with van der Waals surface area (Å²) >= 11 is 0. The molecular formula is C70H61BN4O. The molecule has 14 rings (SSSR count). The molecule has 0 aliphatic carbocycles. The van der Waals surface area contributed by atoms with Crippen molar-refractivity contribution in [1.82, 2.24) is 18.9 Å². The third-order valence-corrected chi connectivity index (χ3v) is 16.9. The van der Waals surface area contributed by atoms with Gasteiger partial charge >= 0.3 is 0 Å². The molecule has 0 unspecified atom stereocenters. The molecule has 9 aromatic carbocycles. The molecule has 6 heteroatoms. The van der Waals surface area contributed by atoms with Crippen LogP contribution in [0.5, 0.6) is 5.75 Å². The summed E-state index contributed by atoms with van der Waals surface area (Å²) in [5.41, 5.74) is 25.6. The quantitative estimate of drug-likeness (QED) is 0.133. The summed E-state index contributed by atoms with van der Waals surface area (Å²) in [6.07, 6.45) is 0. The molecule has 0 radical (unpaired) electrons. The van der Waals surface area contributed by atoms with E-state index in [9.17, 15) is 5.11 Å². The Kier molecular flexibility index (Phi) is 9.99. The van der Waals surface area contributed by atoms with E-state index in [-0.39, 0.29) is 35.1 Å². The van der Waals surface area contributed by atoms with E-state index in [1.807, 2.05) is 0 Å². The Labute approximate surface area is 445 Å². The van der Waals surface area contributed by atoms with Gasteiger partial charge in [-0.15, -0.1) is 0 Å². The van der Waals surface area contributed by atoms with E-state index in [4.69, 9.17) is 9.97 Å². The number of imidazole rings is 2. The van der Waals surface area contributed by atoms with Crippen molar-refractivity contribution in [2.45, 2.75) is 91.9 Å². The van der Waals surface area contributed by atoms with Crippen molar-refractivity contribution in [3.8, 4) is 67.3 Å². The maximum atomic E-state index is 12.8. The monoisotopic (exact) mass is 984 g/mol. The molecule has 2 aliphatic heterocycles. The normalized spacial score (nSPS) is 13.1. The van der Waals surface area contributed by atoms with Crippen molar-refractivity contribution in [2.24, 2.45) is 0 Å². The zero-order chi connectivity index (χ0) is 52.3. The topological polar surface area (TPSA) is 55.3 Å². The van der Waals surface area contributed by atoms with Crippen molar-refractivity contribution in [3.05, 3.63) is 192 Å². The third-order valence-electron chi connectivity index (χ3n) is 16.9. The highest BCUT2D eigenvalue weighted by Gasteiger charge is 2.42. The lowest BCUT2D eigenvalue weighted by Gasteiger charge is -2.28. The molecule has 0 saturated carbocycles. The number of phenolic OH excluding ortho intramolecular Hbond substituents is 1. The summed E-state index contributed by atoms with van der Waals surface area (Å²) in [7, 11) is 0. The second-order valence-electron chi connectivity index (χ2n) is 24.2. The number of benzene rings is 9. The predicted molar refractivity (Wildman–Crippen MR) is 321 cm³/mol. The van der Waals surface area contributed by atoms with Gasteiger partial charge in [0.15, 0.2) is 0 Å². The number of nitrogens with zero attached hydrogens (tertiary/aromatic N) is 4. The highest BCUT2D eigenvalue weighted by Crippen LogP contribution is 2.48. The maximum absolute atomic E-state index is 12.8.